The van der Waals surface area contributed by atoms with Crippen molar-refractivity contribution in [1.29, 1.82) is 0 Å². The van der Waals surface area contributed by atoms with Crippen molar-refractivity contribution >= 4 is 63.4 Å². The molecule has 2 fully saturated rings. The molecule has 0 aromatic heterocycles. The Hall–Kier alpha value is -2.57. The molecule has 0 saturated carbocycles. The third kappa shape index (κ3) is 6.35. The van der Waals surface area contributed by atoms with Gasteiger partial charge in [0.15, 0.2) is 0 Å². The number of nitrogens with zero attached hydrogens (tertiary/aromatic N) is 2. The molecule has 2 N–H and O–H groups in total. The molecule has 2 aromatic carbocycles. The third-order valence-electron chi connectivity index (χ3n) is 6.30. The maximum absolute atomic E-state index is 13.6. The predicted octanol–water partition coefficient (Wildman–Crippen LogP) is 1.98. The van der Waals surface area contributed by atoms with Gasteiger partial charge < -0.3 is 20.3 Å². The Labute approximate surface area is 237 Å². The van der Waals surface area contributed by atoms with Gasteiger partial charge in [-0.05, 0) is 48.4 Å². The van der Waals surface area contributed by atoms with Crippen molar-refractivity contribution in [1.82, 2.24) is 19.8 Å². The zero-order valence-corrected chi connectivity index (χ0v) is 23.6. The average molecular weight is 606 g/mol. The normalized spacial score (nSPS) is 18.3. The summed E-state index contributed by atoms with van der Waals surface area (Å²) in [5.74, 6) is -2.21. The van der Waals surface area contributed by atoms with Crippen LogP contribution in [0.25, 0.3) is 0 Å². The third-order valence-corrected chi connectivity index (χ3v) is 8.60. The van der Waals surface area contributed by atoms with Crippen LogP contribution in [0.1, 0.15) is 15.9 Å². The number of rotatable bonds is 6. The fourth-order valence-corrected chi connectivity index (χ4v) is 6.15. The largest absolute Gasteiger partial charge is 0.496 e. The van der Waals surface area contributed by atoms with Gasteiger partial charge >= 0.3 is 0 Å². The van der Waals surface area contributed by atoms with Crippen molar-refractivity contribution in [3.8, 4) is 5.75 Å². The molecule has 0 bridgehead atoms. The Balaban J connectivity index is 0.00000400. The molecule has 1 atom stereocenters. The molecular formula is C24H27Cl3N4O6S. The van der Waals surface area contributed by atoms with Gasteiger partial charge in [0.05, 0.1) is 28.5 Å². The predicted molar refractivity (Wildman–Crippen MR) is 145 cm³/mol. The molecule has 2 heterocycles. The summed E-state index contributed by atoms with van der Waals surface area (Å²) in [4.78, 5) is 40.2. The lowest BCUT2D eigenvalue weighted by Gasteiger charge is -2.28. The molecule has 2 aliphatic heterocycles. The zero-order valence-electron chi connectivity index (χ0n) is 20.4. The van der Waals surface area contributed by atoms with Gasteiger partial charge in [0.1, 0.15) is 12.3 Å². The van der Waals surface area contributed by atoms with E-state index >= 15 is 0 Å². The average Bonchev–Trinajstić information content (AvgIpc) is 3.03. The summed E-state index contributed by atoms with van der Waals surface area (Å²) in [6.07, 6.45) is 0.0855. The van der Waals surface area contributed by atoms with E-state index in [4.69, 9.17) is 27.9 Å². The highest BCUT2D eigenvalue weighted by Crippen LogP contribution is 2.29. The van der Waals surface area contributed by atoms with Crippen molar-refractivity contribution < 1.29 is 27.5 Å². The SMILES string of the molecule is COc1ccc(Cl)cc1CC1CNC(=O)CN(S(=O)(=O)c2ccc(Cl)c(C(=O)N3CCNCC3)c2)C1=O.Cl. The molecule has 0 aliphatic carbocycles. The second kappa shape index (κ2) is 12.5. The molecule has 38 heavy (non-hydrogen) atoms. The number of ether oxygens (including phenoxy) is 1. The van der Waals surface area contributed by atoms with Gasteiger partial charge in [-0.15, -0.1) is 12.4 Å². The van der Waals surface area contributed by atoms with E-state index in [9.17, 15) is 22.8 Å². The molecule has 1 unspecified atom stereocenters. The topological polar surface area (TPSA) is 125 Å². The molecule has 0 radical (unpaired) electrons. The number of sulfonamides is 1. The second-order valence-corrected chi connectivity index (χ2v) is 11.4. The second-order valence-electron chi connectivity index (χ2n) is 8.70. The summed E-state index contributed by atoms with van der Waals surface area (Å²) in [7, 11) is -3.02. The van der Waals surface area contributed by atoms with Gasteiger partial charge in [-0.2, -0.15) is 0 Å². The fraction of sp³-hybridized carbons (Fsp3) is 0.375. The van der Waals surface area contributed by atoms with E-state index in [1.54, 1.807) is 23.1 Å². The minimum absolute atomic E-state index is 0. The molecule has 10 nitrogen and oxygen atoms in total. The number of methoxy groups -OCH3 is 1. The zero-order chi connectivity index (χ0) is 26.7. The Morgan fingerprint density at radius 2 is 1.82 bits per heavy atom. The first-order valence-corrected chi connectivity index (χ1v) is 13.8. The maximum Gasteiger partial charge on any atom is 0.267 e. The monoisotopic (exact) mass is 604 g/mol. The van der Waals surface area contributed by atoms with Crippen LogP contribution in [0.4, 0.5) is 0 Å². The fourth-order valence-electron chi connectivity index (χ4n) is 4.32. The minimum Gasteiger partial charge on any atom is -0.496 e. The number of nitrogens with one attached hydrogen (secondary N) is 2. The highest BCUT2D eigenvalue weighted by atomic mass is 35.5. The van der Waals surface area contributed by atoms with Crippen LogP contribution in [0.2, 0.25) is 10.0 Å². The van der Waals surface area contributed by atoms with Crippen LogP contribution >= 0.6 is 35.6 Å². The lowest BCUT2D eigenvalue weighted by atomic mass is 9.98. The van der Waals surface area contributed by atoms with Crippen molar-refractivity contribution in [2.75, 3.05) is 46.4 Å². The van der Waals surface area contributed by atoms with Crippen LogP contribution < -0.4 is 15.4 Å². The number of piperazine rings is 1. The number of hydrogen-bond donors (Lipinski definition) is 2. The van der Waals surface area contributed by atoms with E-state index in [0.29, 0.717) is 46.8 Å². The van der Waals surface area contributed by atoms with Crippen LogP contribution in [0, 0.1) is 5.92 Å². The van der Waals surface area contributed by atoms with Gasteiger partial charge in [0.25, 0.3) is 15.9 Å². The number of hydrogen-bond acceptors (Lipinski definition) is 7. The molecule has 2 aromatic rings. The Kier molecular flexibility index (Phi) is 9.88. The molecule has 206 valence electrons. The van der Waals surface area contributed by atoms with Crippen molar-refractivity contribution in [3.05, 3.63) is 57.6 Å². The van der Waals surface area contributed by atoms with E-state index in [1.807, 2.05) is 0 Å². The summed E-state index contributed by atoms with van der Waals surface area (Å²) in [6.45, 7) is 1.37. The molecule has 2 aliphatic rings. The lowest BCUT2D eigenvalue weighted by Crippen LogP contribution is -2.46. The lowest BCUT2D eigenvalue weighted by molar-refractivity contribution is -0.131. The van der Waals surface area contributed by atoms with E-state index < -0.39 is 40.2 Å². The first-order chi connectivity index (χ1) is 17.6. The summed E-state index contributed by atoms with van der Waals surface area (Å²) in [5, 5.41) is 6.26. The molecule has 0 spiro atoms. The quantitative estimate of drug-likeness (QED) is 0.516. The van der Waals surface area contributed by atoms with E-state index in [1.165, 1.54) is 19.2 Å². The molecular weight excluding hydrogens is 579 g/mol. The number of carbonyl (C=O) groups is 3. The van der Waals surface area contributed by atoms with Crippen LogP contribution in [0.15, 0.2) is 41.3 Å². The summed E-state index contributed by atoms with van der Waals surface area (Å²) in [6, 6.07) is 8.60. The maximum atomic E-state index is 13.6. The summed E-state index contributed by atoms with van der Waals surface area (Å²) >= 11 is 12.4. The van der Waals surface area contributed by atoms with Crippen molar-refractivity contribution in [2.24, 2.45) is 5.92 Å². The first kappa shape index (κ1) is 30.0. The van der Waals surface area contributed by atoms with Crippen molar-refractivity contribution in [2.45, 2.75) is 11.3 Å². The van der Waals surface area contributed by atoms with E-state index in [2.05, 4.69) is 10.6 Å². The molecule has 3 amide bonds. The van der Waals surface area contributed by atoms with Gasteiger partial charge in [0, 0.05) is 37.7 Å². The van der Waals surface area contributed by atoms with Gasteiger partial charge in [-0.1, -0.05) is 23.2 Å². The molecule has 2 saturated heterocycles. The molecule has 4 rings (SSSR count). The Bertz CT molecular complexity index is 1330. The first-order valence-electron chi connectivity index (χ1n) is 11.6. The smallest absolute Gasteiger partial charge is 0.267 e. The van der Waals surface area contributed by atoms with Crippen LogP contribution in [0.5, 0.6) is 5.75 Å². The Morgan fingerprint density at radius 1 is 1.11 bits per heavy atom. The number of benzene rings is 2. The number of carbonyl (C=O) groups excluding carboxylic acids is 3. The van der Waals surface area contributed by atoms with Crippen molar-refractivity contribution in [3.63, 3.8) is 0 Å². The van der Waals surface area contributed by atoms with Crippen LogP contribution in [-0.4, -0.2) is 81.7 Å². The van der Waals surface area contributed by atoms with E-state index in [0.717, 1.165) is 6.07 Å². The summed E-state index contributed by atoms with van der Waals surface area (Å²) < 4.78 is 33.2. The van der Waals surface area contributed by atoms with Crippen LogP contribution in [0.3, 0.4) is 0 Å². The van der Waals surface area contributed by atoms with Crippen LogP contribution in [-0.2, 0) is 26.0 Å². The molecule has 14 heteroatoms. The number of halogens is 3. The minimum atomic E-state index is -4.50. The van der Waals surface area contributed by atoms with Gasteiger partial charge in [0.2, 0.25) is 11.8 Å². The standard InChI is InChI=1S/C24H26Cl2N4O6S.ClH/c1-36-21-5-2-17(25)11-15(21)10-16-13-28-22(31)14-30(23(16)32)37(34,35)18-3-4-20(26)19(12-18)24(33)29-8-6-27-7-9-29;/h2-5,11-12,16,27H,6-10,13-14H2,1H3,(H,28,31);1H. The Morgan fingerprint density at radius 3 is 2.50 bits per heavy atom. The van der Waals surface area contributed by atoms with Gasteiger partial charge in [-0.25, -0.2) is 12.7 Å². The highest BCUT2D eigenvalue weighted by molar-refractivity contribution is 7.89. The summed E-state index contributed by atoms with van der Waals surface area (Å²) in [5.41, 5.74) is 0.605. The van der Waals surface area contributed by atoms with E-state index in [-0.39, 0.29) is 40.9 Å². The number of amides is 3. The van der Waals surface area contributed by atoms with Gasteiger partial charge in [-0.3, -0.25) is 14.4 Å². The highest BCUT2D eigenvalue weighted by Gasteiger charge is 2.39.